The first-order valence-corrected chi connectivity index (χ1v) is 7.20. The normalized spacial score (nSPS) is 14.6. The van der Waals surface area contributed by atoms with Gasteiger partial charge in [-0.05, 0) is 19.3 Å². The van der Waals surface area contributed by atoms with Crippen LogP contribution in [0.5, 0.6) is 0 Å². The highest BCUT2D eigenvalue weighted by Gasteiger charge is 2.39. The van der Waals surface area contributed by atoms with Gasteiger partial charge >= 0.3 is 8.80 Å². The molecule has 0 aliphatic carbocycles. The largest absolute Gasteiger partial charge is 0.527 e. The fourth-order valence-corrected chi connectivity index (χ4v) is 2.75. The maximum Gasteiger partial charge on any atom is 0.527 e. The van der Waals surface area contributed by atoms with Crippen LogP contribution < -0.4 is 0 Å². The number of hydrogen-bond donors (Lipinski definition) is 0. The second-order valence-corrected chi connectivity index (χ2v) is 6.93. The molecule has 0 radical (unpaired) electrons. The maximum absolute atomic E-state index is 5.68. The fourth-order valence-electron chi connectivity index (χ4n) is 1.40. The zero-order chi connectivity index (χ0) is 11.9. The lowest BCUT2D eigenvalue weighted by Crippen LogP contribution is -2.48. The van der Waals surface area contributed by atoms with Gasteiger partial charge in [0.25, 0.3) is 0 Å². The molecular formula is C10H24O4Si. The van der Waals surface area contributed by atoms with Gasteiger partial charge in [-0.2, -0.15) is 0 Å². The van der Waals surface area contributed by atoms with Crippen molar-refractivity contribution in [2.45, 2.75) is 33.3 Å². The van der Waals surface area contributed by atoms with Crippen LogP contribution in [-0.4, -0.2) is 42.5 Å². The molecule has 0 heterocycles. The molecule has 0 aromatic rings. The minimum atomic E-state index is -2.55. The van der Waals surface area contributed by atoms with Gasteiger partial charge in [-0.15, -0.1) is 0 Å². The summed E-state index contributed by atoms with van der Waals surface area (Å²) in [5.74, 6) is 0.628. The Balaban J connectivity index is 3.99. The van der Waals surface area contributed by atoms with Crippen molar-refractivity contribution in [3.8, 4) is 0 Å². The summed E-state index contributed by atoms with van der Waals surface area (Å²) < 4.78 is 21.5. The average Bonchev–Trinajstić information content (AvgIpc) is 2.20. The fraction of sp³-hybridized carbons (Fsp3) is 1.00. The summed E-state index contributed by atoms with van der Waals surface area (Å²) in [5, 5.41) is 0. The van der Waals surface area contributed by atoms with Crippen LogP contribution in [0.1, 0.15) is 27.2 Å². The quantitative estimate of drug-likeness (QED) is 0.603. The molecule has 5 heteroatoms. The van der Waals surface area contributed by atoms with Crippen molar-refractivity contribution >= 4 is 8.80 Å². The second kappa shape index (κ2) is 7.35. The second-order valence-electron chi connectivity index (χ2n) is 4.05. The molecular weight excluding hydrogens is 212 g/mol. The lowest BCUT2D eigenvalue weighted by atomic mass is 10.1. The molecule has 0 saturated carbocycles. The molecule has 0 aliphatic heterocycles. The Bertz CT molecular complexity index is 151. The highest BCUT2D eigenvalue weighted by atomic mass is 28.4. The molecule has 1 unspecified atom stereocenters. The van der Waals surface area contributed by atoms with E-state index in [2.05, 4.69) is 20.8 Å². The van der Waals surface area contributed by atoms with Crippen LogP contribution >= 0.6 is 0 Å². The molecule has 0 spiro atoms. The van der Waals surface area contributed by atoms with E-state index in [4.69, 9.17) is 18.0 Å². The van der Waals surface area contributed by atoms with Crippen molar-refractivity contribution in [1.82, 2.24) is 0 Å². The van der Waals surface area contributed by atoms with Crippen LogP contribution in [0.25, 0.3) is 0 Å². The summed E-state index contributed by atoms with van der Waals surface area (Å²) in [7, 11) is 2.23. The molecule has 0 fully saturated rings. The molecule has 92 valence electrons. The smallest absolute Gasteiger partial charge is 0.375 e. The third-order valence-corrected chi connectivity index (χ3v) is 4.67. The Morgan fingerprint density at radius 1 is 0.933 bits per heavy atom. The van der Waals surface area contributed by atoms with Crippen LogP contribution in [0.2, 0.25) is 0 Å². The summed E-state index contributed by atoms with van der Waals surface area (Å²) in [6, 6.07) is 0. The highest BCUT2D eigenvalue weighted by molar-refractivity contribution is 6.60. The molecule has 0 aromatic carbocycles. The zero-order valence-corrected chi connectivity index (χ0v) is 11.7. The van der Waals surface area contributed by atoms with Gasteiger partial charge in [-0.3, -0.25) is 0 Å². The molecule has 0 amide bonds. The minimum absolute atomic E-state index is 0.206. The van der Waals surface area contributed by atoms with E-state index in [1.807, 2.05) is 0 Å². The summed E-state index contributed by atoms with van der Waals surface area (Å²) in [6.07, 6.45) is 1.64. The van der Waals surface area contributed by atoms with Crippen molar-refractivity contribution in [3.63, 3.8) is 0 Å². The lowest BCUT2D eigenvalue weighted by molar-refractivity contribution is 0.0245. The predicted molar refractivity (Wildman–Crippen MR) is 61.7 cm³/mol. The Labute approximate surface area is 94.2 Å². The molecule has 0 N–H and O–H groups in total. The molecule has 0 rings (SSSR count). The summed E-state index contributed by atoms with van der Waals surface area (Å²) >= 11 is 0. The van der Waals surface area contributed by atoms with E-state index < -0.39 is 8.80 Å². The van der Waals surface area contributed by atoms with Gasteiger partial charge in [0.15, 0.2) is 0 Å². The van der Waals surface area contributed by atoms with E-state index in [0.717, 1.165) is 6.42 Å². The third kappa shape index (κ3) is 5.63. The van der Waals surface area contributed by atoms with Gasteiger partial charge in [0.2, 0.25) is 0 Å². The Kier molecular flexibility index (Phi) is 7.38. The van der Waals surface area contributed by atoms with E-state index in [-0.39, 0.29) is 6.10 Å². The van der Waals surface area contributed by atoms with Gasteiger partial charge in [-0.1, -0.05) is 13.8 Å². The lowest BCUT2D eigenvalue weighted by Gasteiger charge is -2.26. The topological polar surface area (TPSA) is 36.9 Å². The summed E-state index contributed by atoms with van der Waals surface area (Å²) in [4.78, 5) is 0. The molecule has 0 aromatic heterocycles. The van der Waals surface area contributed by atoms with E-state index in [9.17, 15) is 0 Å². The average molecular weight is 236 g/mol. The van der Waals surface area contributed by atoms with Gasteiger partial charge in [0, 0.05) is 21.3 Å². The summed E-state index contributed by atoms with van der Waals surface area (Å²) in [6.45, 7) is 6.40. The van der Waals surface area contributed by atoms with Crippen molar-refractivity contribution in [3.05, 3.63) is 0 Å². The van der Waals surface area contributed by atoms with Gasteiger partial charge in [0.1, 0.15) is 6.23 Å². The van der Waals surface area contributed by atoms with E-state index in [1.165, 1.54) is 0 Å². The maximum atomic E-state index is 5.68. The van der Waals surface area contributed by atoms with Gasteiger partial charge in [0.05, 0.1) is 6.10 Å². The van der Waals surface area contributed by atoms with Crippen molar-refractivity contribution in [1.29, 1.82) is 0 Å². The van der Waals surface area contributed by atoms with Crippen LogP contribution in [0.3, 0.4) is 0 Å². The van der Waals surface area contributed by atoms with Gasteiger partial charge < -0.3 is 18.0 Å². The Hall–Kier alpha value is 0.0569. The molecule has 15 heavy (non-hydrogen) atoms. The number of ether oxygens (including phenoxy) is 1. The summed E-state index contributed by atoms with van der Waals surface area (Å²) in [5.41, 5.74) is 0. The van der Waals surface area contributed by atoms with E-state index >= 15 is 0 Å². The van der Waals surface area contributed by atoms with E-state index in [0.29, 0.717) is 12.1 Å². The molecule has 4 nitrogen and oxygen atoms in total. The van der Waals surface area contributed by atoms with Crippen LogP contribution in [-0.2, 0) is 18.0 Å². The van der Waals surface area contributed by atoms with Crippen LogP contribution in [0.4, 0.5) is 0 Å². The first kappa shape index (κ1) is 15.1. The SMILES string of the molecule is CO[Si](COC(C)CC(C)C)(OC)OC. The third-order valence-electron chi connectivity index (χ3n) is 2.28. The molecule has 1 atom stereocenters. The monoisotopic (exact) mass is 236 g/mol. The number of hydrogen-bond acceptors (Lipinski definition) is 4. The molecule has 0 bridgehead atoms. The van der Waals surface area contributed by atoms with Crippen molar-refractivity contribution in [2.24, 2.45) is 5.92 Å². The van der Waals surface area contributed by atoms with Crippen molar-refractivity contribution < 1.29 is 18.0 Å². The van der Waals surface area contributed by atoms with Gasteiger partial charge in [-0.25, -0.2) is 0 Å². The molecule has 0 aliphatic rings. The minimum Gasteiger partial charge on any atom is -0.375 e. The standard InChI is InChI=1S/C10H24O4Si/c1-9(2)7-10(3)14-8-15(11-4,12-5)13-6/h9-10H,7-8H2,1-6H3. The zero-order valence-electron chi connectivity index (χ0n) is 10.7. The van der Waals surface area contributed by atoms with Crippen LogP contribution in [0.15, 0.2) is 0 Å². The first-order valence-electron chi connectivity index (χ1n) is 5.26. The Morgan fingerprint density at radius 3 is 1.73 bits per heavy atom. The first-order chi connectivity index (χ1) is 6.99. The van der Waals surface area contributed by atoms with Crippen molar-refractivity contribution in [2.75, 3.05) is 27.6 Å². The molecule has 0 saturated heterocycles. The number of rotatable bonds is 8. The Morgan fingerprint density at radius 2 is 1.40 bits per heavy atom. The van der Waals surface area contributed by atoms with E-state index in [1.54, 1.807) is 21.3 Å². The highest BCUT2D eigenvalue weighted by Crippen LogP contribution is 2.12. The predicted octanol–water partition coefficient (Wildman–Crippen LogP) is 1.85. The van der Waals surface area contributed by atoms with Crippen LogP contribution in [0, 0.1) is 5.92 Å².